The highest BCUT2D eigenvalue weighted by Gasteiger charge is 2.36. The highest BCUT2D eigenvalue weighted by Crippen LogP contribution is 2.44. The average molecular weight is 508 g/mol. The van der Waals surface area contributed by atoms with Crippen molar-refractivity contribution in [3.63, 3.8) is 0 Å². The Morgan fingerprint density at radius 1 is 1.00 bits per heavy atom. The number of nitrogens with zero attached hydrogens (tertiary/aromatic N) is 2. The number of benzene rings is 2. The molecule has 4 aromatic rings. The Bertz CT molecular complexity index is 1470. The second-order valence-corrected chi connectivity index (χ2v) is 10.5. The molecular formula is C28H24F3N3OS. The summed E-state index contributed by atoms with van der Waals surface area (Å²) >= 11 is 1.73. The van der Waals surface area contributed by atoms with Crippen molar-refractivity contribution in [2.45, 2.75) is 45.2 Å². The van der Waals surface area contributed by atoms with Crippen LogP contribution in [-0.4, -0.2) is 15.5 Å². The number of fused-ring (bicyclic) bond motifs is 5. The van der Waals surface area contributed by atoms with Crippen LogP contribution in [0.5, 0.6) is 0 Å². The first-order valence-corrected chi connectivity index (χ1v) is 12.8. The third kappa shape index (κ3) is 3.89. The van der Waals surface area contributed by atoms with Gasteiger partial charge >= 0.3 is 6.03 Å². The molecule has 0 fully saturated rings. The van der Waals surface area contributed by atoms with Crippen molar-refractivity contribution in [1.82, 2.24) is 9.47 Å². The molecule has 1 aliphatic heterocycles. The van der Waals surface area contributed by atoms with E-state index in [0.717, 1.165) is 48.0 Å². The molecule has 0 saturated heterocycles. The quantitative estimate of drug-likeness (QED) is 0.304. The normalized spacial score (nSPS) is 16.7. The van der Waals surface area contributed by atoms with Gasteiger partial charge < -0.3 is 14.8 Å². The van der Waals surface area contributed by atoms with Crippen LogP contribution < -0.4 is 5.32 Å². The molecule has 4 nitrogen and oxygen atoms in total. The topological polar surface area (TPSA) is 37.3 Å². The van der Waals surface area contributed by atoms with E-state index < -0.39 is 29.5 Å². The van der Waals surface area contributed by atoms with E-state index in [4.69, 9.17) is 0 Å². The maximum absolute atomic E-state index is 14.4. The van der Waals surface area contributed by atoms with Crippen molar-refractivity contribution in [3.05, 3.63) is 105 Å². The number of aromatic nitrogens is 1. The molecule has 184 valence electrons. The summed E-state index contributed by atoms with van der Waals surface area (Å²) in [4.78, 5) is 16.7. The summed E-state index contributed by atoms with van der Waals surface area (Å²) in [7, 11) is 0. The standard InChI is InChI=1S/C28H24F3N3OS/c1-16-8-9-20(14-23(16)31)32-28(35)34-15-22-21-5-2-3-7-25(21)36-27(22)33-10-4-6-24(33)26(34)17-11-18(29)13-19(30)12-17/h4,6,8-14,26H,2-3,5,7,15H2,1H3,(H,32,35)/t26-/m0/s1. The van der Waals surface area contributed by atoms with Crippen LogP contribution in [0, 0.1) is 24.4 Å². The number of rotatable bonds is 2. The second-order valence-electron chi connectivity index (χ2n) is 9.42. The third-order valence-electron chi connectivity index (χ3n) is 7.06. The van der Waals surface area contributed by atoms with Crippen molar-refractivity contribution in [2.24, 2.45) is 0 Å². The molecule has 0 saturated carbocycles. The van der Waals surface area contributed by atoms with E-state index >= 15 is 0 Å². The molecular weight excluding hydrogens is 483 g/mol. The van der Waals surface area contributed by atoms with Crippen molar-refractivity contribution >= 4 is 23.1 Å². The lowest BCUT2D eigenvalue weighted by Gasteiger charge is -2.31. The number of urea groups is 1. The number of hydrogen-bond acceptors (Lipinski definition) is 2. The third-order valence-corrected chi connectivity index (χ3v) is 8.40. The van der Waals surface area contributed by atoms with Gasteiger partial charge in [0.15, 0.2) is 0 Å². The first-order chi connectivity index (χ1) is 17.4. The molecule has 0 unspecified atom stereocenters. The van der Waals surface area contributed by atoms with Crippen LogP contribution in [0.25, 0.3) is 5.00 Å². The van der Waals surface area contributed by atoms with E-state index in [9.17, 15) is 18.0 Å². The number of carbonyl (C=O) groups is 1. The first-order valence-electron chi connectivity index (χ1n) is 12.0. The number of anilines is 1. The number of nitrogens with one attached hydrogen (secondary N) is 1. The minimum absolute atomic E-state index is 0.270. The Morgan fingerprint density at radius 2 is 1.78 bits per heavy atom. The molecule has 36 heavy (non-hydrogen) atoms. The largest absolute Gasteiger partial charge is 0.322 e. The lowest BCUT2D eigenvalue weighted by Crippen LogP contribution is -2.38. The molecule has 2 aromatic carbocycles. The van der Waals surface area contributed by atoms with Crippen LogP contribution in [0.1, 0.15) is 51.7 Å². The summed E-state index contributed by atoms with van der Waals surface area (Å²) in [6.45, 7) is 1.92. The predicted molar refractivity (Wildman–Crippen MR) is 134 cm³/mol. The Labute approximate surface area is 211 Å². The minimum atomic E-state index is -0.751. The molecule has 8 heteroatoms. The summed E-state index contributed by atoms with van der Waals surface area (Å²) in [5.74, 6) is -1.84. The van der Waals surface area contributed by atoms with Crippen LogP contribution >= 0.6 is 11.3 Å². The smallest absolute Gasteiger partial charge is 0.310 e. The second kappa shape index (κ2) is 8.85. The minimum Gasteiger partial charge on any atom is -0.310 e. The summed E-state index contributed by atoms with van der Waals surface area (Å²) in [6, 6.07) is 10.4. The number of halogens is 3. The van der Waals surface area contributed by atoms with Gasteiger partial charge in [0.05, 0.1) is 12.2 Å². The van der Waals surface area contributed by atoms with E-state index in [1.165, 1.54) is 28.6 Å². The molecule has 1 aliphatic carbocycles. The van der Waals surface area contributed by atoms with Gasteiger partial charge in [-0.2, -0.15) is 0 Å². The van der Waals surface area contributed by atoms with E-state index in [1.807, 2.05) is 22.9 Å². The fourth-order valence-corrected chi connectivity index (χ4v) is 6.74. The molecule has 1 atom stereocenters. The van der Waals surface area contributed by atoms with E-state index in [-0.39, 0.29) is 6.54 Å². The lowest BCUT2D eigenvalue weighted by atomic mass is 9.95. The summed E-state index contributed by atoms with van der Waals surface area (Å²) in [6.07, 6.45) is 6.11. The lowest BCUT2D eigenvalue weighted by molar-refractivity contribution is 0.194. The molecule has 1 N–H and O–H groups in total. The maximum Gasteiger partial charge on any atom is 0.322 e. The summed E-state index contributed by atoms with van der Waals surface area (Å²) in [5.41, 5.74) is 4.20. The molecule has 6 rings (SSSR count). The Morgan fingerprint density at radius 3 is 2.56 bits per heavy atom. The van der Waals surface area contributed by atoms with Crippen molar-refractivity contribution < 1.29 is 18.0 Å². The van der Waals surface area contributed by atoms with E-state index in [2.05, 4.69) is 5.32 Å². The monoisotopic (exact) mass is 507 g/mol. The van der Waals surface area contributed by atoms with Crippen LogP contribution in [0.2, 0.25) is 0 Å². The van der Waals surface area contributed by atoms with Gasteiger partial charge in [0.2, 0.25) is 0 Å². The van der Waals surface area contributed by atoms with Gasteiger partial charge in [-0.15, -0.1) is 11.3 Å². The van der Waals surface area contributed by atoms with Gasteiger partial charge in [0, 0.05) is 28.4 Å². The van der Waals surface area contributed by atoms with E-state index in [1.54, 1.807) is 35.3 Å². The predicted octanol–water partition coefficient (Wildman–Crippen LogP) is 7.28. The number of aryl methyl sites for hydroxylation is 2. The Hall–Kier alpha value is -3.52. The Kier molecular flexibility index (Phi) is 5.63. The highest BCUT2D eigenvalue weighted by molar-refractivity contribution is 7.15. The SMILES string of the molecule is Cc1ccc(NC(=O)N2Cc3c(sc4c3CCCC4)-n3cccc3[C@@H]2c2cc(F)cc(F)c2)cc1F. The Balaban J connectivity index is 1.51. The number of hydrogen-bond donors (Lipinski definition) is 1. The highest BCUT2D eigenvalue weighted by atomic mass is 32.1. The zero-order valence-corrected chi connectivity index (χ0v) is 20.5. The van der Waals surface area contributed by atoms with Gasteiger partial charge in [0.1, 0.15) is 28.5 Å². The average Bonchev–Trinajstić information content (AvgIpc) is 3.42. The molecule has 2 amide bonds. The fourth-order valence-electron chi connectivity index (χ4n) is 5.34. The van der Waals surface area contributed by atoms with Gasteiger partial charge in [-0.1, -0.05) is 6.07 Å². The number of carbonyl (C=O) groups excluding carboxylic acids is 1. The first kappa shape index (κ1) is 22.9. The molecule has 0 spiro atoms. The number of amides is 2. The molecule has 0 bridgehead atoms. The number of thiophene rings is 1. The molecule has 2 aliphatic rings. The maximum atomic E-state index is 14.4. The van der Waals surface area contributed by atoms with Crippen molar-refractivity contribution in [2.75, 3.05) is 5.32 Å². The van der Waals surface area contributed by atoms with Crippen LogP contribution in [-0.2, 0) is 19.4 Å². The van der Waals surface area contributed by atoms with Gasteiger partial charge in [0.25, 0.3) is 0 Å². The van der Waals surface area contributed by atoms with Crippen LogP contribution in [0.4, 0.5) is 23.7 Å². The zero-order chi connectivity index (χ0) is 25.0. The van der Waals surface area contributed by atoms with Gasteiger partial charge in [-0.3, -0.25) is 0 Å². The van der Waals surface area contributed by atoms with Gasteiger partial charge in [-0.25, -0.2) is 18.0 Å². The molecule has 0 radical (unpaired) electrons. The summed E-state index contributed by atoms with van der Waals surface area (Å²) < 4.78 is 45.0. The van der Waals surface area contributed by atoms with Crippen molar-refractivity contribution in [1.29, 1.82) is 0 Å². The fraction of sp³-hybridized carbons (Fsp3) is 0.250. The zero-order valence-electron chi connectivity index (χ0n) is 19.7. The van der Waals surface area contributed by atoms with Crippen molar-refractivity contribution in [3.8, 4) is 5.00 Å². The molecule has 2 aromatic heterocycles. The van der Waals surface area contributed by atoms with Gasteiger partial charge in [-0.05, 0) is 85.7 Å². The summed E-state index contributed by atoms with van der Waals surface area (Å²) in [5, 5.41) is 3.86. The van der Waals surface area contributed by atoms with Crippen LogP contribution in [0.15, 0.2) is 54.7 Å². The van der Waals surface area contributed by atoms with E-state index in [0.29, 0.717) is 16.8 Å². The molecule has 3 heterocycles. The van der Waals surface area contributed by atoms with Crippen LogP contribution in [0.3, 0.4) is 0 Å².